The molecule has 0 saturated carbocycles. The van der Waals surface area contributed by atoms with E-state index < -0.39 is 6.09 Å². The van der Waals surface area contributed by atoms with Gasteiger partial charge < -0.3 is 5.11 Å². The highest BCUT2D eigenvalue weighted by molar-refractivity contribution is 9.11. The van der Waals surface area contributed by atoms with Crippen molar-refractivity contribution >= 4 is 33.4 Å². The van der Waals surface area contributed by atoms with Gasteiger partial charge in [0.1, 0.15) is 18.1 Å². The summed E-state index contributed by atoms with van der Waals surface area (Å²) >= 11 is 5.24. The summed E-state index contributed by atoms with van der Waals surface area (Å²) in [5, 5.41) is 9.82. The first-order valence-electron chi connectivity index (χ1n) is 7.25. The Labute approximate surface area is 139 Å². The monoisotopic (exact) mass is 375 g/mol. The molecule has 118 valence electrons. The highest BCUT2D eigenvalue weighted by Crippen LogP contribution is 2.33. The summed E-state index contributed by atoms with van der Waals surface area (Å²) in [6, 6.07) is 4.29. The van der Waals surface area contributed by atoms with E-state index in [9.17, 15) is 9.90 Å². The molecule has 2 atom stereocenters. The maximum atomic E-state index is 12.0. The molecule has 2 rings (SSSR count). The van der Waals surface area contributed by atoms with Crippen molar-refractivity contribution in [1.29, 1.82) is 0 Å². The minimum Gasteiger partial charge on any atom is -0.435 e. The van der Waals surface area contributed by atoms with Gasteiger partial charge in [0.15, 0.2) is 0 Å². The highest BCUT2D eigenvalue weighted by Gasteiger charge is 2.54. The fourth-order valence-corrected chi connectivity index (χ4v) is 5.02. The van der Waals surface area contributed by atoms with E-state index in [0.29, 0.717) is 6.54 Å². The summed E-state index contributed by atoms with van der Waals surface area (Å²) in [6.45, 7) is 11.4. The standard InChI is InChI=1S/C15H23BrN2O2S/c1-11-9-17(10-12-5-6-13(16)21-12)7-8-18(11,14(19)20)15(2,3)4/h5-6,11H,7-10H2,1-4H3/p+1/t11-,18?/m0/s1. The van der Waals surface area contributed by atoms with Crippen LogP contribution in [0.2, 0.25) is 0 Å². The smallest absolute Gasteiger partial charge is 0.435 e. The van der Waals surface area contributed by atoms with Gasteiger partial charge in [0.25, 0.3) is 0 Å². The van der Waals surface area contributed by atoms with E-state index in [-0.39, 0.29) is 16.1 Å². The lowest BCUT2D eigenvalue weighted by Crippen LogP contribution is -2.73. The van der Waals surface area contributed by atoms with Gasteiger partial charge in [-0.2, -0.15) is 4.79 Å². The maximum Gasteiger partial charge on any atom is 0.514 e. The molecule has 1 saturated heterocycles. The van der Waals surface area contributed by atoms with E-state index in [1.807, 2.05) is 20.8 Å². The zero-order valence-electron chi connectivity index (χ0n) is 13.1. The van der Waals surface area contributed by atoms with Gasteiger partial charge in [-0.3, -0.25) is 4.90 Å². The third-order valence-corrected chi connectivity index (χ3v) is 6.20. The van der Waals surface area contributed by atoms with E-state index in [0.717, 1.165) is 23.4 Å². The minimum absolute atomic E-state index is 0.0830. The van der Waals surface area contributed by atoms with Crippen LogP contribution in [0.3, 0.4) is 0 Å². The van der Waals surface area contributed by atoms with Crippen molar-refractivity contribution in [2.45, 2.75) is 45.8 Å². The molecule has 1 aliphatic rings. The predicted octanol–water partition coefficient (Wildman–Crippen LogP) is 4.01. The lowest BCUT2D eigenvalue weighted by molar-refractivity contribution is -0.929. The molecule has 4 nitrogen and oxygen atoms in total. The normalized spacial score (nSPS) is 27.8. The van der Waals surface area contributed by atoms with E-state index in [2.05, 4.69) is 39.9 Å². The molecule has 2 heterocycles. The summed E-state index contributed by atoms with van der Waals surface area (Å²) in [5.41, 5.74) is -0.288. The number of hydrogen-bond acceptors (Lipinski definition) is 3. The van der Waals surface area contributed by atoms with Crippen LogP contribution in [0, 0.1) is 0 Å². The number of hydrogen-bond donors (Lipinski definition) is 1. The van der Waals surface area contributed by atoms with Crippen molar-refractivity contribution in [3.8, 4) is 0 Å². The van der Waals surface area contributed by atoms with Gasteiger partial charge >= 0.3 is 6.09 Å². The summed E-state index contributed by atoms with van der Waals surface area (Å²) in [5.74, 6) is 0. The molecule has 1 aliphatic heterocycles. The molecule has 1 aromatic rings. The minimum atomic E-state index is -0.700. The first kappa shape index (κ1) is 16.9. The predicted molar refractivity (Wildman–Crippen MR) is 89.7 cm³/mol. The van der Waals surface area contributed by atoms with Crippen LogP contribution in [0.15, 0.2) is 15.9 Å². The molecule has 0 aromatic carbocycles. The first-order chi connectivity index (χ1) is 9.66. The van der Waals surface area contributed by atoms with E-state index in [1.54, 1.807) is 11.3 Å². The lowest BCUT2D eigenvalue weighted by atomic mass is 9.95. The van der Waals surface area contributed by atoms with E-state index in [1.165, 1.54) is 4.88 Å². The molecule has 6 heteroatoms. The second kappa shape index (κ2) is 5.99. The lowest BCUT2D eigenvalue weighted by Gasteiger charge is -2.52. The topological polar surface area (TPSA) is 40.5 Å². The Bertz CT molecular complexity index is 526. The van der Waals surface area contributed by atoms with Crippen molar-refractivity contribution in [1.82, 2.24) is 4.90 Å². The van der Waals surface area contributed by atoms with Crippen molar-refractivity contribution in [2.24, 2.45) is 0 Å². The molecule has 0 spiro atoms. The maximum absolute atomic E-state index is 12.0. The molecule has 1 fully saturated rings. The van der Waals surface area contributed by atoms with Crippen LogP contribution < -0.4 is 0 Å². The molecule has 1 N–H and O–H groups in total. The zero-order valence-corrected chi connectivity index (χ0v) is 15.5. The van der Waals surface area contributed by atoms with Crippen LogP contribution in [0.4, 0.5) is 4.79 Å². The molecule has 1 amide bonds. The second-order valence-corrected chi connectivity index (χ2v) is 9.38. The number of carbonyl (C=O) groups is 1. The Balaban J connectivity index is 2.12. The molecule has 0 bridgehead atoms. The molecule has 1 aromatic heterocycles. The van der Waals surface area contributed by atoms with Crippen LogP contribution in [-0.2, 0) is 6.54 Å². The van der Waals surface area contributed by atoms with Crippen molar-refractivity contribution in [3.63, 3.8) is 0 Å². The summed E-state index contributed by atoms with van der Waals surface area (Å²) in [6.07, 6.45) is -0.700. The molecule has 21 heavy (non-hydrogen) atoms. The average molecular weight is 376 g/mol. The second-order valence-electron chi connectivity index (χ2n) is 6.84. The Morgan fingerprint density at radius 1 is 1.52 bits per heavy atom. The summed E-state index contributed by atoms with van der Waals surface area (Å²) in [4.78, 5) is 15.6. The molecular formula is C15H24BrN2O2S+. The molecule has 0 radical (unpaired) electrons. The number of amides is 1. The van der Waals surface area contributed by atoms with Gasteiger partial charge in [0.05, 0.1) is 10.3 Å². The fourth-order valence-electron chi connectivity index (χ4n) is 3.49. The van der Waals surface area contributed by atoms with Crippen LogP contribution in [0.25, 0.3) is 0 Å². The van der Waals surface area contributed by atoms with Crippen molar-refractivity contribution in [2.75, 3.05) is 19.6 Å². The number of carboxylic acid groups (broad SMARTS) is 1. The largest absolute Gasteiger partial charge is 0.514 e. The summed E-state index contributed by atoms with van der Waals surface area (Å²) < 4.78 is 1.30. The third kappa shape index (κ3) is 3.18. The molecule has 0 aliphatic carbocycles. The van der Waals surface area contributed by atoms with Crippen molar-refractivity contribution < 1.29 is 14.4 Å². The van der Waals surface area contributed by atoms with Crippen LogP contribution in [-0.4, -0.2) is 51.8 Å². The number of quaternary nitrogens is 1. The summed E-state index contributed by atoms with van der Waals surface area (Å²) in [7, 11) is 0. The number of thiophene rings is 1. The highest BCUT2D eigenvalue weighted by atomic mass is 79.9. The van der Waals surface area contributed by atoms with Gasteiger partial charge in [-0.25, -0.2) is 4.48 Å². The third-order valence-electron chi connectivity index (χ3n) is 4.59. The van der Waals surface area contributed by atoms with Gasteiger partial charge in [-0.15, -0.1) is 11.3 Å². The first-order valence-corrected chi connectivity index (χ1v) is 8.85. The quantitative estimate of drug-likeness (QED) is 0.793. The van der Waals surface area contributed by atoms with Gasteiger partial charge in [0, 0.05) is 18.0 Å². The van der Waals surface area contributed by atoms with Crippen molar-refractivity contribution in [3.05, 3.63) is 20.8 Å². The Morgan fingerprint density at radius 3 is 2.62 bits per heavy atom. The van der Waals surface area contributed by atoms with Crippen LogP contribution in [0.1, 0.15) is 32.6 Å². The number of halogens is 1. The zero-order chi connectivity index (χ0) is 15.8. The Hall–Kier alpha value is -0.430. The SMILES string of the molecule is C[C@H]1CN(Cc2ccc(Br)s2)CC[N+]1(C(=O)O)C(C)(C)C. The number of piperazine rings is 1. The van der Waals surface area contributed by atoms with Gasteiger partial charge in [0.2, 0.25) is 0 Å². The Kier molecular flexibility index (Phi) is 4.83. The average Bonchev–Trinajstić information content (AvgIpc) is 2.73. The van der Waals surface area contributed by atoms with Crippen LogP contribution >= 0.6 is 27.3 Å². The number of rotatable bonds is 2. The molecular weight excluding hydrogens is 352 g/mol. The van der Waals surface area contributed by atoms with E-state index >= 15 is 0 Å². The van der Waals surface area contributed by atoms with Crippen LogP contribution in [0.5, 0.6) is 0 Å². The number of nitrogens with zero attached hydrogens (tertiary/aromatic N) is 2. The fraction of sp³-hybridized carbons (Fsp3) is 0.667. The van der Waals surface area contributed by atoms with Gasteiger partial charge in [-0.1, -0.05) is 0 Å². The Morgan fingerprint density at radius 2 is 2.19 bits per heavy atom. The molecule has 1 unspecified atom stereocenters. The van der Waals surface area contributed by atoms with Gasteiger partial charge in [-0.05, 0) is 55.8 Å². The van der Waals surface area contributed by atoms with E-state index in [4.69, 9.17) is 0 Å².